The van der Waals surface area contributed by atoms with Crippen LogP contribution in [0.25, 0.3) is 5.95 Å². The van der Waals surface area contributed by atoms with Gasteiger partial charge in [-0.2, -0.15) is 0 Å². The molecular weight excluding hydrogens is 326 g/mol. The third-order valence-electron chi connectivity index (χ3n) is 4.71. The first-order chi connectivity index (χ1) is 12.5. The molecule has 0 amide bonds. The summed E-state index contributed by atoms with van der Waals surface area (Å²) in [6.07, 6.45) is 4.68. The van der Waals surface area contributed by atoms with Crippen LogP contribution in [-0.4, -0.2) is 25.5 Å². The standard InChI is InChI=1S/C20H21N5O/c1-12-5-6-15(14(3)9-12)23-19-18-16(10-13(2)11-17(18)26)25(24-19)20-21-7-4-8-22-20/h4-9,13H,10-11H2,1-3H3,(H,23,24). The Morgan fingerprint density at radius 3 is 2.65 bits per heavy atom. The van der Waals surface area contributed by atoms with Gasteiger partial charge in [0.1, 0.15) is 0 Å². The predicted octanol–water partition coefficient (Wildman–Crippen LogP) is 3.79. The maximum Gasteiger partial charge on any atom is 0.250 e. The number of anilines is 2. The van der Waals surface area contributed by atoms with Crippen molar-refractivity contribution in [1.29, 1.82) is 0 Å². The lowest BCUT2D eigenvalue weighted by Crippen LogP contribution is -2.20. The van der Waals surface area contributed by atoms with E-state index < -0.39 is 0 Å². The fourth-order valence-corrected chi connectivity index (χ4v) is 3.49. The van der Waals surface area contributed by atoms with Gasteiger partial charge in [0.05, 0.1) is 11.3 Å². The van der Waals surface area contributed by atoms with E-state index in [-0.39, 0.29) is 11.7 Å². The Bertz CT molecular complexity index is 977. The van der Waals surface area contributed by atoms with E-state index in [2.05, 4.69) is 40.3 Å². The van der Waals surface area contributed by atoms with E-state index in [0.717, 1.165) is 23.4 Å². The summed E-state index contributed by atoms with van der Waals surface area (Å²) >= 11 is 0. The molecule has 0 bridgehead atoms. The lowest BCUT2D eigenvalue weighted by atomic mass is 9.88. The minimum atomic E-state index is 0.119. The first kappa shape index (κ1) is 16.4. The number of carbonyl (C=O) groups excluding carboxylic acids is 1. The Labute approximate surface area is 152 Å². The van der Waals surface area contributed by atoms with E-state index in [4.69, 9.17) is 0 Å². The van der Waals surface area contributed by atoms with Gasteiger partial charge in [-0.15, -0.1) is 5.10 Å². The Hall–Kier alpha value is -3.02. The van der Waals surface area contributed by atoms with Gasteiger partial charge in [-0.3, -0.25) is 4.79 Å². The smallest absolute Gasteiger partial charge is 0.250 e. The molecule has 0 saturated heterocycles. The predicted molar refractivity (Wildman–Crippen MR) is 100 cm³/mol. The highest BCUT2D eigenvalue weighted by atomic mass is 16.1. The van der Waals surface area contributed by atoms with Crippen molar-refractivity contribution in [1.82, 2.24) is 19.7 Å². The average Bonchev–Trinajstić information content (AvgIpc) is 2.96. The highest BCUT2D eigenvalue weighted by Gasteiger charge is 2.31. The number of carbonyl (C=O) groups is 1. The summed E-state index contributed by atoms with van der Waals surface area (Å²) in [6.45, 7) is 6.19. The van der Waals surface area contributed by atoms with Crippen molar-refractivity contribution < 1.29 is 4.79 Å². The van der Waals surface area contributed by atoms with E-state index in [1.165, 1.54) is 5.56 Å². The topological polar surface area (TPSA) is 72.7 Å². The van der Waals surface area contributed by atoms with Crippen molar-refractivity contribution in [2.24, 2.45) is 5.92 Å². The second-order valence-corrected chi connectivity index (χ2v) is 7.01. The number of ketones is 1. The van der Waals surface area contributed by atoms with Crippen LogP contribution in [-0.2, 0) is 6.42 Å². The Morgan fingerprint density at radius 2 is 1.92 bits per heavy atom. The third-order valence-corrected chi connectivity index (χ3v) is 4.71. The van der Waals surface area contributed by atoms with Gasteiger partial charge >= 0.3 is 0 Å². The molecule has 0 radical (unpaired) electrons. The van der Waals surface area contributed by atoms with Crippen LogP contribution in [0.1, 0.15) is 40.5 Å². The number of nitrogens with zero attached hydrogens (tertiary/aromatic N) is 4. The number of aromatic nitrogens is 4. The van der Waals surface area contributed by atoms with Crippen LogP contribution >= 0.6 is 0 Å². The molecule has 26 heavy (non-hydrogen) atoms. The van der Waals surface area contributed by atoms with Crippen molar-refractivity contribution in [3.8, 4) is 5.95 Å². The SMILES string of the molecule is Cc1ccc(Nc2nn(-c3ncccn3)c3c2C(=O)CC(C)C3)c(C)c1. The minimum Gasteiger partial charge on any atom is -0.338 e. The number of rotatable bonds is 3. The first-order valence-electron chi connectivity index (χ1n) is 8.79. The van der Waals surface area contributed by atoms with Gasteiger partial charge in [-0.25, -0.2) is 14.6 Å². The second kappa shape index (κ2) is 6.37. The maximum atomic E-state index is 12.8. The molecule has 1 aliphatic rings. The zero-order valence-corrected chi connectivity index (χ0v) is 15.2. The van der Waals surface area contributed by atoms with Crippen molar-refractivity contribution >= 4 is 17.3 Å². The summed E-state index contributed by atoms with van der Waals surface area (Å²) in [5.41, 5.74) is 4.80. The Morgan fingerprint density at radius 1 is 1.15 bits per heavy atom. The summed E-state index contributed by atoms with van der Waals surface area (Å²) in [6, 6.07) is 7.94. The minimum absolute atomic E-state index is 0.119. The Balaban J connectivity index is 1.84. The van der Waals surface area contributed by atoms with Crippen LogP contribution in [0.4, 0.5) is 11.5 Å². The van der Waals surface area contributed by atoms with Crippen molar-refractivity contribution in [2.75, 3.05) is 5.32 Å². The number of Topliss-reactive ketones (excluding diaryl/α,β-unsaturated/α-hetero) is 1. The van der Waals surface area contributed by atoms with Gasteiger partial charge in [0.15, 0.2) is 11.6 Å². The molecule has 0 spiro atoms. The van der Waals surface area contributed by atoms with Gasteiger partial charge < -0.3 is 5.32 Å². The zero-order valence-electron chi connectivity index (χ0n) is 15.2. The molecule has 1 aromatic carbocycles. The summed E-state index contributed by atoms with van der Waals surface area (Å²) in [5, 5.41) is 8.02. The molecule has 132 valence electrons. The molecule has 3 aromatic rings. The molecule has 2 aromatic heterocycles. The summed E-state index contributed by atoms with van der Waals surface area (Å²) in [5.74, 6) is 1.46. The highest BCUT2D eigenvalue weighted by molar-refractivity contribution is 6.03. The molecule has 1 atom stereocenters. The molecule has 0 fully saturated rings. The van der Waals surface area contributed by atoms with Crippen LogP contribution in [0.2, 0.25) is 0 Å². The lowest BCUT2D eigenvalue weighted by Gasteiger charge is -2.18. The number of hydrogen-bond donors (Lipinski definition) is 1. The van der Waals surface area contributed by atoms with Crippen molar-refractivity contribution in [3.05, 3.63) is 59.0 Å². The van der Waals surface area contributed by atoms with Crippen molar-refractivity contribution in [2.45, 2.75) is 33.6 Å². The quantitative estimate of drug-likeness (QED) is 0.780. The normalized spacial score (nSPS) is 16.4. The van der Waals surface area contributed by atoms with Gasteiger partial charge in [0.25, 0.3) is 5.95 Å². The van der Waals surface area contributed by atoms with Crippen LogP contribution < -0.4 is 5.32 Å². The summed E-state index contributed by atoms with van der Waals surface area (Å²) in [4.78, 5) is 21.4. The van der Waals surface area contributed by atoms with E-state index in [1.54, 1.807) is 23.1 Å². The van der Waals surface area contributed by atoms with Gasteiger partial charge in [-0.05, 0) is 43.9 Å². The lowest BCUT2D eigenvalue weighted by molar-refractivity contribution is 0.0953. The van der Waals surface area contributed by atoms with E-state index in [0.29, 0.717) is 23.8 Å². The zero-order chi connectivity index (χ0) is 18.3. The molecule has 0 saturated carbocycles. The van der Waals surface area contributed by atoms with E-state index in [1.807, 2.05) is 19.1 Å². The molecule has 6 heteroatoms. The average molecular weight is 347 g/mol. The number of benzene rings is 1. The van der Waals surface area contributed by atoms with E-state index in [9.17, 15) is 4.79 Å². The molecule has 4 rings (SSSR count). The fourth-order valence-electron chi connectivity index (χ4n) is 3.49. The van der Waals surface area contributed by atoms with Crippen molar-refractivity contribution in [3.63, 3.8) is 0 Å². The number of fused-ring (bicyclic) bond motifs is 1. The number of nitrogens with one attached hydrogen (secondary N) is 1. The first-order valence-corrected chi connectivity index (χ1v) is 8.79. The van der Waals surface area contributed by atoms with Gasteiger partial charge in [0, 0.05) is 24.5 Å². The fraction of sp³-hybridized carbons (Fsp3) is 0.300. The van der Waals surface area contributed by atoms with E-state index >= 15 is 0 Å². The molecule has 1 unspecified atom stereocenters. The maximum absolute atomic E-state index is 12.8. The number of aryl methyl sites for hydroxylation is 2. The summed E-state index contributed by atoms with van der Waals surface area (Å²) < 4.78 is 1.70. The monoisotopic (exact) mass is 347 g/mol. The molecule has 2 heterocycles. The number of hydrogen-bond acceptors (Lipinski definition) is 5. The van der Waals surface area contributed by atoms with Gasteiger partial charge in [-0.1, -0.05) is 24.6 Å². The van der Waals surface area contributed by atoms with Gasteiger partial charge in [0.2, 0.25) is 0 Å². The second-order valence-electron chi connectivity index (χ2n) is 7.01. The largest absolute Gasteiger partial charge is 0.338 e. The van der Waals surface area contributed by atoms with Crippen LogP contribution in [0.15, 0.2) is 36.7 Å². The van der Waals surface area contributed by atoms with Crippen LogP contribution in [0.3, 0.4) is 0 Å². The summed E-state index contributed by atoms with van der Waals surface area (Å²) in [7, 11) is 0. The van der Waals surface area contributed by atoms with Crippen LogP contribution in [0.5, 0.6) is 0 Å². The third kappa shape index (κ3) is 2.87. The van der Waals surface area contributed by atoms with Crippen LogP contribution in [0, 0.1) is 19.8 Å². The molecule has 1 aliphatic carbocycles. The Kier molecular flexibility index (Phi) is 4.03. The molecule has 0 aliphatic heterocycles. The molecule has 6 nitrogen and oxygen atoms in total. The molecular formula is C20H21N5O. The highest BCUT2D eigenvalue weighted by Crippen LogP contribution is 2.33. The molecule has 1 N–H and O–H groups in total.